The van der Waals surface area contributed by atoms with Gasteiger partial charge in [0.25, 0.3) is 5.91 Å². The van der Waals surface area contributed by atoms with E-state index in [2.05, 4.69) is 46.8 Å². The molecule has 4 nitrogen and oxygen atoms in total. The number of hydrogen-bond acceptors (Lipinski definition) is 3. The number of carbonyl (C=O) groups is 1. The molecule has 0 saturated carbocycles. The van der Waals surface area contributed by atoms with Crippen molar-refractivity contribution in [2.24, 2.45) is 0 Å². The molecule has 3 rings (SSSR count). The minimum Gasteiger partial charge on any atom is -0.381 e. The Morgan fingerprint density at radius 2 is 1.65 bits per heavy atom. The molecule has 0 saturated heterocycles. The van der Waals surface area contributed by atoms with Crippen LogP contribution >= 0.6 is 0 Å². The summed E-state index contributed by atoms with van der Waals surface area (Å²) in [6.45, 7) is 6.78. The topological polar surface area (TPSA) is 54.0 Å². The van der Waals surface area contributed by atoms with Gasteiger partial charge in [-0.05, 0) is 50.1 Å². The smallest absolute Gasteiger partial charge is 0.274 e. The number of benzene rings is 2. The van der Waals surface area contributed by atoms with Crippen LogP contribution in [0.4, 0.5) is 11.4 Å². The molecule has 0 unspecified atom stereocenters. The third kappa shape index (κ3) is 4.48. The van der Waals surface area contributed by atoms with E-state index in [1.54, 1.807) is 12.3 Å². The van der Waals surface area contributed by atoms with E-state index in [9.17, 15) is 4.79 Å². The molecule has 2 N–H and O–H groups in total. The zero-order valence-electron chi connectivity index (χ0n) is 15.3. The number of nitrogens with zero attached hydrogens (tertiary/aromatic N) is 1. The monoisotopic (exact) mass is 345 g/mol. The standard InChI is InChI=1S/C22H23N3O/c1-15-4-7-18(8-5-15)14-24-19-10-11-23-21(13-19)22(26)25-20-9-6-16(2)12-17(20)3/h4-13H,14H2,1-3H3,(H,23,24)(H,25,26). The molecule has 26 heavy (non-hydrogen) atoms. The zero-order chi connectivity index (χ0) is 18.5. The van der Waals surface area contributed by atoms with Crippen molar-refractivity contribution >= 4 is 17.3 Å². The number of aryl methyl sites for hydroxylation is 3. The summed E-state index contributed by atoms with van der Waals surface area (Å²) in [6.07, 6.45) is 1.65. The average Bonchev–Trinajstić information content (AvgIpc) is 2.64. The van der Waals surface area contributed by atoms with E-state index in [0.717, 1.165) is 16.9 Å². The maximum Gasteiger partial charge on any atom is 0.274 e. The number of aromatic nitrogens is 1. The van der Waals surface area contributed by atoms with Gasteiger partial charge in [-0.15, -0.1) is 0 Å². The van der Waals surface area contributed by atoms with Gasteiger partial charge in [0.05, 0.1) is 0 Å². The third-order valence-electron chi connectivity index (χ3n) is 4.24. The van der Waals surface area contributed by atoms with Gasteiger partial charge in [-0.1, -0.05) is 47.5 Å². The molecule has 4 heteroatoms. The summed E-state index contributed by atoms with van der Waals surface area (Å²) in [5.74, 6) is -0.212. The van der Waals surface area contributed by atoms with Crippen LogP contribution in [0.5, 0.6) is 0 Å². The molecule has 2 aromatic carbocycles. The second-order valence-electron chi connectivity index (χ2n) is 6.54. The number of amides is 1. The predicted octanol–water partition coefficient (Wildman–Crippen LogP) is 4.87. The molecule has 3 aromatic rings. The molecule has 1 aromatic heterocycles. The van der Waals surface area contributed by atoms with Gasteiger partial charge in [-0.3, -0.25) is 9.78 Å². The van der Waals surface area contributed by atoms with E-state index in [-0.39, 0.29) is 5.91 Å². The normalized spacial score (nSPS) is 10.4. The van der Waals surface area contributed by atoms with Crippen molar-refractivity contribution in [2.75, 3.05) is 10.6 Å². The summed E-state index contributed by atoms with van der Waals surface area (Å²) in [5.41, 5.74) is 6.69. The molecule has 1 heterocycles. The fourth-order valence-corrected chi connectivity index (χ4v) is 2.71. The van der Waals surface area contributed by atoms with Gasteiger partial charge < -0.3 is 10.6 Å². The summed E-state index contributed by atoms with van der Waals surface area (Å²) in [7, 11) is 0. The molecule has 1 amide bonds. The quantitative estimate of drug-likeness (QED) is 0.693. The minimum atomic E-state index is -0.212. The Kier molecular flexibility index (Phi) is 5.32. The van der Waals surface area contributed by atoms with Gasteiger partial charge in [0.2, 0.25) is 0 Å². The predicted molar refractivity (Wildman–Crippen MR) is 107 cm³/mol. The number of anilines is 2. The van der Waals surface area contributed by atoms with E-state index in [1.165, 1.54) is 16.7 Å². The Morgan fingerprint density at radius 3 is 2.38 bits per heavy atom. The number of hydrogen-bond donors (Lipinski definition) is 2. The largest absolute Gasteiger partial charge is 0.381 e. The molecule has 0 aliphatic carbocycles. The Bertz CT molecular complexity index is 917. The lowest BCUT2D eigenvalue weighted by Crippen LogP contribution is -2.15. The molecular weight excluding hydrogens is 322 g/mol. The van der Waals surface area contributed by atoms with Crippen LogP contribution in [0.3, 0.4) is 0 Å². The first-order valence-corrected chi connectivity index (χ1v) is 8.65. The molecular formula is C22H23N3O. The molecule has 0 radical (unpaired) electrons. The minimum absolute atomic E-state index is 0.212. The Balaban J connectivity index is 1.67. The molecule has 0 aliphatic rings. The maximum atomic E-state index is 12.5. The molecule has 0 aliphatic heterocycles. The Hall–Kier alpha value is -3.14. The highest BCUT2D eigenvalue weighted by Crippen LogP contribution is 2.18. The molecule has 0 bridgehead atoms. The third-order valence-corrected chi connectivity index (χ3v) is 4.24. The Morgan fingerprint density at radius 1 is 0.923 bits per heavy atom. The lowest BCUT2D eigenvalue weighted by Gasteiger charge is -2.10. The summed E-state index contributed by atoms with van der Waals surface area (Å²) < 4.78 is 0. The van der Waals surface area contributed by atoms with Gasteiger partial charge in [0.1, 0.15) is 5.69 Å². The first-order valence-electron chi connectivity index (χ1n) is 8.65. The van der Waals surface area contributed by atoms with E-state index < -0.39 is 0 Å². The van der Waals surface area contributed by atoms with Crippen LogP contribution in [0.1, 0.15) is 32.7 Å². The van der Waals surface area contributed by atoms with Crippen molar-refractivity contribution in [1.82, 2.24) is 4.98 Å². The van der Waals surface area contributed by atoms with Crippen molar-refractivity contribution in [3.05, 3.63) is 88.7 Å². The van der Waals surface area contributed by atoms with E-state index in [1.807, 2.05) is 38.1 Å². The number of carbonyl (C=O) groups excluding carboxylic acids is 1. The SMILES string of the molecule is Cc1ccc(CNc2ccnc(C(=O)Nc3ccc(C)cc3C)c2)cc1. The van der Waals surface area contributed by atoms with Crippen molar-refractivity contribution in [1.29, 1.82) is 0 Å². The summed E-state index contributed by atoms with van der Waals surface area (Å²) in [6, 6.07) is 17.9. The maximum absolute atomic E-state index is 12.5. The van der Waals surface area contributed by atoms with E-state index in [4.69, 9.17) is 0 Å². The van der Waals surface area contributed by atoms with Crippen LogP contribution in [0.25, 0.3) is 0 Å². The van der Waals surface area contributed by atoms with Crippen molar-refractivity contribution < 1.29 is 4.79 Å². The van der Waals surface area contributed by atoms with Crippen LogP contribution in [0, 0.1) is 20.8 Å². The average molecular weight is 345 g/mol. The van der Waals surface area contributed by atoms with Gasteiger partial charge in [-0.25, -0.2) is 0 Å². The molecule has 0 spiro atoms. The van der Waals surface area contributed by atoms with Gasteiger partial charge >= 0.3 is 0 Å². The second-order valence-corrected chi connectivity index (χ2v) is 6.54. The summed E-state index contributed by atoms with van der Waals surface area (Å²) in [5, 5.41) is 6.27. The summed E-state index contributed by atoms with van der Waals surface area (Å²) in [4.78, 5) is 16.7. The van der Waals surface area contributed by atoms with Crippen LogP contribution in [0.15, 0.2) is 60.8 Å². The van der Waals surface area contributed by atoms with Crippen molar-refractivity contribution in [3.8, 4) is 0 Å². The van der Waals surface area contributed by atoms with Crippen LogP contribution in [-0.4, -0.2) is 10.9 Å². The highest BCUT2D eigenvalue weighted by molar-refractivity contribution is 6.03. The van der Waals surface area contributed by atoms with Gasteiger partial charge in [0.15, 0.2) is 0 Å². The van der Waals surface area contributed by atoms with E-state index in [0.29, 0.717) is 12.2 Å². The molecule has 132 valence electrons. The lowest BCUT2D eigenvalue weighted by atomic mass is 10.1. The first-order chi connectivity index (χ1) is 12.5. The van der Waals surface area contributed by atoms with Crippen LogP contribution in [0.2, 0.25) is 0 Å². The number of nitrogens with one attached hydrogen (secondary N) is 2. The van der Waals surface area contributed by atoms with Crippen LogP contribution < -0.4 is 10.6 Å². The first kappa shape index (κ1) is 17.7. The lowest BCUT2D eigenvalue weighted by molar-refractivity contribution is 0.102. The highest BCUT2D eigenvalue weighted by atomic mass is 16.1. The fraction of sp³-hybridized carbons (Fsp3) is 0.182. The van der Waals surface area contributed by atoms with E-state index >= 15 is 0 Å². The molecule has 0 fully saturated rings. The second kappa shape index (κ2) is 7.83. The number of pyridine rings is 1. The van der Waals surface area contributed by atoms with Crippen molar-refractivity contribution in [2.45, 2.75) is 27.3 Å². The van der Waals surface area contributed by atoms with Crippen molar-refractivity contribution in [3.63, 3.8) is 0 Å². The van der Waals surface area contributed by atoms with Gasteiger partial charge in [-0.2, -0.15) is 0 Å². The highest BCUT2D eigenvalue weighted by Gasteiger charge is 2.10. The molecule has 0 atom stereocenters. The zero-order valence-corrected chi connectivity index (χ0v) is 15.3. The van der Waals surface area contributed by atoms with Crippen LogP contribution in [-0.2, 0) is 6.54 Å². The fourth-order valence-electron chi connectivity index (χ4n) is 2.71. The summed E-state index contributed by atoms with van der Waals surface area (Å²) >= 11 is 0. The number of rotatable bonds is 5. The van der Waals surface area contributed by atoms with Gasteiger partial charge in [0, 0.05) is 24.1 Å². The Labute approximate surface area is 154 Å².